The number of furan rings is 1. The van der Waals surface area contributed by atoms with Crippen LogP contribution >= 0.6 is 0 Å². The van der Waals surface area contributed by atoms with E-state index in [0.29, 0.717) is 31.1 Å². The first-order valence-electron chi connectivity index (χ1n) is 7.61. The molecule has 118 valence electrons. The van der Waals surface area contributed by atoms with E-state index in [4.69, 9.17) is 8.94 Å². The summed E-state index contributed by atoms with van der Waals surface area (Å²) in [6.45, 7) is 5.72. The number of aryl methyl sites for hydroxylation is 1. The molecule has 1 aliphatic rings. The van der Waals surface area contributed by atoms with Crippen molar-refractivity contribution in [3.05, 3.63) is 35.9 Å². The molecule has 1 saturated heterocycles. The van der Waals surface area contributed by atoms with Crippen LogP contribution in [0.2, 0.25) is 0 Å². The monoisotopic (exact) mass is 304 g/mol. The van der Waals surface area contributed by atoms with E-state index in [1.807, 2.05) is 4.90 Å². The SMILES string of the molecule is CCCc1noc(CN2CCN(C(=O)c3ccoc3)CC2)n1. The Morgan fingerprint density at radius 1 is 1.32 bits per heavy atom. The van der Waals surface area contributed by atoms with E-state index < -0.39 is 0 Å². The van der Waals surface area contributed by atoms with Crippen molar-refractivity contribution >= 4 is 5.91 Å². The topological polar surface area (TPSA) is 75.6 Å². The van der Waals surface area contributed by atoms with Crippen molar-refractivity contribution in [2.24, 2.45) is 0 Å². The van der Waals surface area contributed by atoms with Gasteiger partial charge in [0.2, 0.25) is 5.89 Å². The molecule has 0 unspecified atom stereocenters. The van der Waals surface area contributed by atoms with E-state index in [-0.39, 0.29) is 5.91 Å². The second-order valence-electron chi connectivity index (χ2n) is 5.43. The smallest absolute Gasteiger partial charge is 0.257 e. The summed E-state index contributed by atoms with van der Waals surface area (Å²) in [6.07, 6.45) is 4.86. The highest BCUT2D eigenvalue weighted by Crippen LogP contribution is 2.11. The molecule has 1 amide bonds. The van der Waals surface area contributed by atoms with Crippen LogP contribution in [0.3, 0.4) is 0 Å². The van der Waals surface area contributed by atoms with Gasteiger partial charge in [-0.05, 0) is 12.5 Å². The number of aromatic nitrogens is 2. The molecule has 0 spiro atoms. The van der Waals surface area contributed by atoms with E-state index in [1.165, 1.54) is 12.5 Å². The summed E-state index contributed by atoms with van der Waals surface area (Å²) in [5.41, 5.74) is 0.606. The van der Waals surface area contributed by atoms with Crippen LogP contribution in [0, 0.1) is 0 Å². The van der Waals surface area contributed by atoms with Crippen LogP contribution in [0.5, 0.6) is 0 Å². The minimum atomic E-state index is 0.0245. The Labute approximate surface area is 128 Å². The average molecular weight is 304 g/mol. The van der Waals surface area contributed by atoms with E-state index >= 15 is 0 Å². The van der Waals surface area contributed by atoms with Gasteiger partial charge in [-0.15, -0.1) is 0 Å². The van der Waals surface area contributed by atoms with Crippen LogP contribution in [0.1, 0.15) is 35.4 Å². The van der Waals surface area contributed by atoms with Gasteiger partial charge >= 0.3 is 0 Å². The molecule has 0 aromatic carbocycles. The number of hydrogen-bond donors (Lipinski definition) is 0. The molecule has 3 rings (SSSR count). The van der Waals surface area contributed by atoms with Gasteiger partial charge in [0, 0.05) is 32.6 Å². The fourth-order valence-corrected chi connectivity index (χ4v) is 2.55. The lowest BCUT2D eigenvalue weighted by Gasteiger charge is -2.33. The Balaban J connectivity index is 1.50. The van der Waals surface area contributed by atoms with Gasteiger partial charge in [0.05, 0.1) is 18.4 Å². The van der Waals surface area contributed by atoms with Crippen LogP contribution in [0.4, 0.5) is 0 Å². The van der Waals surface area contributed by atoms with Crippen molar-refractivity contribution in [2.45, 2.75) is 26.3 Å². The Hall–Kier alpha value is -2.15. The van der Waals surface area contributed by atoms with Gasteiger partial charge in [-0.25, -0.2) is 0 Å². The summed E-state index contributed by atoms with van der Waals surface area (Å²) in [5.74, 6) is 1.45. The third kappa shape index (κ3) is 3.36. The first-order valence-corrected chi connectivity index (χ1v) is 7.61. The minimum Gasteiger partial charge on any atom is -0.472 e. The average Bonchev–Trinajstić information content (AvgIpc) is 3.20. The molecule has 0 N–H and O–H groups in total. The van der Waals surface area contributed by atoms with Crippen molar-refractivity contribution in [1.29, 1.82) is 0 Å². The second kappa shape index (κ2) is 6.74. The van der Waals surface area contributed by atoms with Gasteiger partial charge in [-0.1, -0.05) is 12.1 Å². The molecule has 1 aliphatic heterocycles. The van der Waals surface area contributed by atoms with Gasteiger partial charge in [-0.2, -0.15) is 4.98 Å². The molecular formula is C15H20N4O3. The van der Waals surface area contributed by atoms with Gasteiger partial charge in [-0.3, -0.25) is 9.69 Å². The highest BCUT2D eigenvalue weighted by atomic mass is 16.5. The maximum atomic E-state index is 12.2. The first-order chi connectivity index (χ1) is 10.8. The van der Waals surface area contributed by atoms with Gasteiger partial charge < -0.3 is 13.8 Å². The molecule has 22 heavy (non-hydrogen) atoms. The second-order valence-corrected chi connectivity index (χ2v) is 5.43. The molecule has 2 aromatic rings. The highest BCUT2D eigenvalue weighted by molar-refractivity contribution is 5.93. The summed E-state index contributed by atoms with van der Waals surface area (Å²) in [4.78, 5) is 20.7. The molecule has 2 aromatic heterocycles. The third-order valence-electron chi connectivity index (χ3n) is 3.77. The Morgan fingerprint density at radius 2 is 2.14 bits per heavy atom. The van der Waals surface area contributed by atoms with Crippen LogP contribution in [-0.2, 0) is 13.0 Å². The summed E-state index contributed by atoms with van der Waals surface area (Å²) < 4.78 is 10.2. The zero-order valence-electron chi connectivity index (χ0n) is 12.7. The fraction of sp³-hybridized carbons (Fsp3) is 0.533. The zero-order valence-corrected chi connectivity index (χ0v) is 12.7. The van der Waals surface area contributed by atoms with E-state index in [1.54, 1.807) is 6.07 Å². The van der Waals surface area contributed by atoms with E-state index in [9.17, 15) is 4.79 Å². The third-order valence-corrected chi connectivity index (χ3v) is 3.77. The van der Waals surface area contributed by atoms with Crippen LogP contribution in [-0.4, -0.2) is 52.0 Å². The molecule has 0 saturated carbocycles. The predicted octanol–water partition coefficient (Wildman–Crippen LogP) is 1.57. The highest BCUT2D eigenvalue weighted by Gasteiger charge is 2.23. The summed E-state index contributed by atoms with van der Waals surface area (Å²) in [7, 11) is 0. The lowest BCUT2D eigenvalue weighted by atomic mass is 10.2. The maximum Gasteiger partial charge on any atom is 0.257 e. The molecular weight excluding hydrogens is 284 g/mol. The number of rotatable bonds is 5. The minimum absolute atomic E-state index is 0.0245. The molecule has 7 heteroatoms. The standard InChI is InChI=1S/C15H20N4O3/c1-2-3-13-16-14(22-17-13)10-18-5-7-19(8-6-18)15(20)12-4-9-21-11-12/h4,9,11H,2-3,5-8,10H2,1H3. The molecule has 0 bridgehead atoms. The van der Waals surface area contributed by atoms with Crippen LogP contribution < -0.4 is 0 Å². The summed E-state index contributed by atoms with van der Waals surface area (Å²) in [6, 6.07) is 1.70. The number of carbonyl (C=O) groups is 1. The summed E-state index contributed by atoms with van der Waals surface area (Å²) >= 11 is 0. The van der Waals surface area contributed by atoms with Crippen molar-refractivity contribution in [3.8, 4) is 0 Å². The van der Waals surface area contributed by atoms with Crippen molar-refractivity contribution in [3.63, 3.8) is 0 Å². The molecule has 1 fully saturated rings. The Morgan fingerprint density at radius 3 is 2.82 bits per heavy atom. The van der Waals surface area contributed by atoms with Gasteiger partial charge in [0.15, 0.2) is 5.82 Å². The van der Waals surface area contributed by atoms with Gasteiger partial charge in [0.25, 0.3) is 5.91 Å². The lowest BCUT2D eigenvalue weighted by molar-refractivity contribution is 0.0614. The van der Waals surface area contributed by atoms with Crippen molar-refractivity contribution in [2.75, 3.05) is 26.2 Å². The molecule has 0 atom stereocenters. The summed E-state index contributed by atoms with van der Waals surface area (Å²) in [5, 5.41) is 3.96. The predicted molar refractivity (Wildman–Crippen MR) is 78.2 cm³/mol. The van der Waals surface area contributed by atoms with E-state index in [0.717, 1.165) is 31.8 Å². The quantitative estimate of drug-likeness (QED) is 0.834. The number of piperazine rings is 1. The van der Waals surface area contributed by atoms with Crippen LogP contribution in [0.25, 0.3) is 0 Å². The Bertz CT molecular complexity index is 600. The maximum absolute atomic E-state index is 12.2. The largest absolute Gasteiger partial charge is 0.472 e. The molecule has 3 heterocycles. The zero-order chi connectivity index (χ0) is 15.4. The lowest BCUT2D eigenvalue weighted by Crippen LogP contribution is -2.48. The molecule has 0 aliphatic carbocycles. The van der Waals surface area contributed by atoms with Crippen LogP contribution in [0.15, 0.2) is 27.5 Å². The van der Waals surface area contributed by atoms with Crippen molar-refractivity contribution in [1.82, 2.24) is 19.9 Å². The molecule has 0 radical (unpaired) electrons. The fourth-order valence-electron chi connectivity index (χ4n) is 2.55. The van der Waals surface area contributed by atoms with Crippen molar-refractivity contribution < 1.29 is 13.7 Å². The number of nitrogens with zero attached hydrogens (tertiary/aromatic N) is 4. The normalized spacial score (nSPS) is 16.1. The Kier molecular flexibility index (Phi) is 4.53. The number of amides is 1. The number of hydrogen-bond acceptors (Lipinski definition) is 6. The van der Waals surface area contributed by atoms with Gasteiger partial charge in [0.1, 0.15) is 6.26 Å². The van der Waals surface area contributed by atoms with E-state index in [2.05, 4.69) is 22.0 Å². The first kappa shape index (κ1) is 14.8. The number of carbonyl (C=O) groups excluding carboxylic acids is 1. The molecule has 7 nitrogen and oxygen atoms in total.